The molecule has 0 radical (unpaired) electrons. The molecule has 0 saturated carbocycles. The zero-order valence-electron chi connectivity index (χ0n) is 14.3. The largest absolute Gasteiger partial charge is 0.299 e. The maximum Gasteiger partial charge on any atom is 0.142 e. The van der Waals surface area contributed by atoms with Crippen molar-refractivity contribution < 1.29 is 4.79 Å². The molecule has 0 amide bonds. The number of hydrogen-bond acceptors (Lipinski definition) is 1. The van der Waals surface area contributed by atoms with E-state index in [0.29, 0.717) is 0 Å². The fraction of sp³-hybridized carbons (Fsp3) is 0.550. The number of hydrogen-bond donors (Lipinski definition) is 0. The highest BCUT2D eigenvalue weighted by atomic mass is 16.1. The van der Waals surface area contributed by atoms with Crippen LogP contribution in [0, 0.1) is 5.41 Å². The number of allylic oxidation sites excluding steroid dienone is 2. The van der Waals surface area contributed by atoms with E-state index in [4.69, 9.17) is 0 Å². The average molecular weight is 284 g/mol. The van der Waals surface area contributed by atoms with Gasteiger partial charge in [-0.3, -0.25) is 4.79 Å². The van der Waals surface area contributed by atoms with Gasteiger partial charge < -0.3 is 0 Å². The SMILES string of the molecule is C/C(=C\C=O)C1(C(C)(C)C)CCC(C)(C)c2ccccc21. The van der Waals surface area contributed by atoms with Gasteiger partial charge in [0.2, 0.25) is 0 Å². The summed E-state index contributed by atoms with van der Waals surface area (Å²) in [5.74, 6) is 0. The summed E-state index contributed by atoms with van der Waals surface area (Å²) in [6.07, 6.45) is 4.94. The summed E-state index contributed by atoms with van der Waals surface area (Å²) >= 11 is 0. The molecule has 21 heavy (non-hydrogen) atoms. The van der Waals surface area contributed by atoms with Gasteiger partial charge in [0.1, 0.15) is 6.29 Å². The van der Waals surface area contributed by atoms with Gasteiger partial charge in [-0.15, -0.1) is 0 Å². The van der Waals surface area contributed by atoms with E-state index in [9.17, 15) is 4.79 Å². The van der Waals surface area contributed by atoms with Gasteiger partial charge >= 0.3 is 0 Å². The Hall–Kier alpha value is -1.37. The summed E-state index contributed by atoms with van der Waals surface area (Å²) in [5.41, 5.74) is 4.25. The number of carbonyl (C=O) groups is 1. The predicted octanol–water partition coefficient (Wildman–Crippen LogP) is 5.19. The fourth-order valence-electron chi connectivity index (χ4n) is 4.24. The highest BCUT2D eigenvalue weighted by molar-refractivity contribution is 5.68. The van der Waals surface area contributed by atoms with Gasteiger partial charge in [0, 0.05) is 5.41 Å². The average Bonchev–Trinajstić information content (AvgIpc) is 2.38. The summed E-state index contributed by atoms with van der Waals surface area (Å²) in [5, 5.41) is 0. The number of fused-ring (bicyclic) bond motifs is 1. The number of aldehydes is 1. The first-order chi connectivity index (χ1) is 9.67. The van der Waals surface area contributed by atoms with Crippen molar-refractivity contribution in [1.82, 2.24) is 0 Å². The van der Waals surface area contributed by atoms with Crippen molar-refractivity contribution in [2.75, 3.05) is 0 Å². The Morgan fingerprint density at radius 1 is 1.10 bits per heavy atom. The zero-order valence-corrected chi connectivity index (χ0v) is 14.3. The molecule has 1 heteroatoms. The van der Waals surface area contributed by atoms with E-state index < -0.39 is 0 Å². The second-order valence-electron chi connectivity index (χ2n) is 8.07. The lowest BCUT2D eigenvalue weighted by Gasteiger charge is -2.53. The maximum atomic E-state index is 11.1. The molecule has 0 aromatic heterocycles. The lowest BCUT2D eigenvalue weighted by molar-refractivity contribution is -0.104. The molecule has 1 nitrogen and oxygen atoms in total. The summed E-state index contributed by atoms with van der Waals surface area (Å²) in [6, 6.07) is 8.81. The smallest absolute Gasteiger partial charge is 0.142 e. The normalized spacial score (nSPS) is 25.3. The molecule has 0 heterocycles. The molecule has 1 atom stereocenters. The summed E-state index contributed by atoms with van der Waals surface area (Å²) < 4.78 is 0. The zero-order chi connectivity index (χ0) is 15.9. The van der Waals surface area contributed by atoms with Crippen molar-refractivity contribution in [3.8, 4) is 0 Å². The molecule has 1 aromatic rings. The highest BCUT2D eigenvalue weighted by Gasteiger charge is 2.50. The molecule has 0 fully saturated rings. The van der Waals surface area contributed by atoms with Crippen LogP contribution in [0.1, 0.15) is 65.5 Å². The van der Waals surface area contributed by atoms with E-state index in [2.05, 4.69) is 65.8 Å². The standard InChI is InChI=1S/C20H28O/c1-15(11-14-21)20(18(2,3)4)13-12-19(5,6)16-9-7-8-10-17(16)20/h7-11,14H,12-13H2,1-6H3/b15-11+. The first-order valence-electron chi connectivity index (χ1n) is 7.89. The quantitative estimate of drug-likeness (QED) is 0.539. The van der Waals surface area contributed by atoms with Gasteiger partial charge in [0.25, 0.3) is 0 Å². The fourth-order valence-corrected chi connectivity index (χ4v) is 4.24. The molecule has 1 aliphatic rings. The number of rotatable bonds is 2. The van der Waals surface area contributed by atoms with Crippen molar-refractivity contribution in [2.24, 2.45) is 5.41 Å². The van der Waals surface area contributed by atoms with Gasteiger partial charge in [-0.1, -0.05) is 64.5 Å². The van der Waals surface area contributed by atoms with Gasteiger partial charge in [-0.25, -0.2) is 0 Å². The van der Waals surface area contributed by atoms with Gasteiger partial charge in [0.15, 0.2) is 0 Å². The molecule has 0 saturated heterocycles. The third-order valence-electron chi connectivity index (χ3n) is 5.51. The second kappa shape index (κ2) is 5.12. The van der Waals surface area contributed by atoms with E-state index >= 15 is 0 Å². The van der Waals surface area contributed by atoms with Crippen molar-refractivity contribution in [1.29, 1.82) is 0 Å². The summed E-state index contributed by atoms with van der Waals surface area (Å²) in [4.78, 5) is 11.1. The Labute approximate surface area is 129 Å². The molecule has 0 bridgehead atoms. The Kier molecular flexibility index (Phi) is 3.90. The molecule has 1 aliphatic carbocycles. The minimum absolute atomic E-state index is 0.0555. The number of carbonyl (C=O) groups excluding carboxylic acids is 1. The van der Waals surface area contributed by atoms with Crippen molar-refractivity contribution in [2.45, 2.75) is 65.2 Å². The predicted molar refractivity (Wildman–Crippen MR) is 89.7 cm³/mol. The molecule has 0 N–H and O–H groups in total. The van der Waals surface area contributed by atoms with Gasteiger partial charge in [-0.2, -0.15) is 0 Å². The van der Waals surface area contributed by atoms with E-state index in [0.717, 1.165) is 19.1 Å². The Morgan fingerprint density at radius 3 is 2.19 bits per heavy atom. The first-order valence-corrected chi connectivity index (χ1v) is 7.89. The van der Waals surface area contributed by atoms with Crippen LogP contribution < -0.4 is 0 Å². The second-order valence-corrected chi connectivity index (χ2v) is 8.07. The van der Waals surface area contributed by atoms with Crippen LogP contribution in [-0.4, -0.2) is 6.29 Å². The molecule has 1 unspecified atom stereocenters. The van der Waals surface area contributed by atoms with Crippen LogP contribution in [0.3, 0.4) is 0 Å². The van der Waals surface area contributed by atoms with Crippen LogP contribution in [0.4, 0.5) is 0 Å². The Morgan fingerprint density at radius 2 is 1.67 bits per heavy atom. The molecule has 114 valence electrons. The molecular weight excluding hydrogens is 256 g/mol. The van der Waals surface area contributed by atoms with E-state index in [1.165, 1.54) is 16.7 Å². The van der Waals surface area contributed by atoms with Gasteiger partial charge in [0.05, 0.1) is 0 Å². The third-order valence-corrected chi connectivity index (χ3v) is 5.51. The molecule has 0 spiro atoms. The van der Waals surface area contributed by atoms with E-state index in [1.807, 2.05) is 0 Å². The molecule has 1 aromatic carbocycles. The summed E-state index contributed by atoms with van der Waals surface area (Å²) in [6.45, 7) is 13.7. The Bertz CT molecular complexity index is 572. The van der Waals surface area contributed by atoms with Gasteiger partial charge in [-0.05, 0) is 47.8 Å². The molecule has 2 rings (SSSR count). The maximum absolute atomic E-state index is 11.1. The van der Waals surface area contributed by atoms with Crippen molar-refractivity contribution in [3.05, 3.63) is 47.0 Å². The molecule has 0 aliphatic heterocycles. The van der Waals surface area contributed by atoms with Crippen molar-refractivity contribution >= 4 is 6.29 Å². The van der Waals surface area contributed by atoms with Crippen LogP contribution in [0.2, 0.25) is 0 Å². The number of benzene rings is 1. The minimum Gasteiger partial charge on any atom is -0.299 e. The topological polar surface area (TPSA) is 17.1 Å². The van der Waals surface area contributed by atoms with Crippen LogP contribution in [-0.2, 0) is 15.6 Å². The lowest BCUT2D eigenvalue weighted by Crippen LogP contribution is -2.47. The highest BCUT2D eigenvalue weighted by Crippen LogP contribution is 2.57. The summed E-state index contributed by atoms with van der Waals surface area (Å²) in [7, 11) is 0. The van der Waals surface area contributed by atoms with Crippen molar-refractivity contribution in [3.63, 3.8) is 0 Å². The Balaban J connectivity index is 2.80. The monoisotopic (exact) mass is 284 g/mol. The minimum atomic E-state index is -0.0555. The van der Waals surface area contributed by atoms with E-state index in [1.54, 1.807) is 6.08 Å². The van der Waals surface area contributed by atoms with E-state index in [-0.39, 0.29) is 16.2 Å². The first kappa shape index (κ1) is 16.0. The molecular formula is C20H28O. The third kappa shape index (κ3) is 2.37. The lowest BCUT2D eigenvalue weighted by atomic mass is 9.50. The van der Waals surface area contributed by atoms with Crippen LogP contribution >= 0.6 is 0 Å². The van der Waals surface area contributed by atoms with Crippen LogP contribution in [0.5, 0.6) is 0 Å². The van der Waals surface area contributed by atoms with Crippen LogP contribution in [0.25, 0.3) is 0 Å². The van der Waals surface area contributed by atoms with Crippen LogP contribution in [0.15, 0.2) is 35.9 Å².